The first kappa shape index (κ1) is 22.5. The minimum Gasteiger partial charge on any atom is -0.392 e. The summed E-state index contributed by atoms with van der Waals surface area (Å²) in [4.78, 5) is 32.1. The molecule has 166 valence electrons. The molecule has 29 heavy (non-hydrogen) atoms. The number of aliphatic hydroxyl groups excluding tert-OH is 1. The molecule has 0 aromatic rings. The molecule has 0 aromatic heterocycles. The van der Waals surface area contributed by atoms with Gasteiger partial charge < -0.3 is 15.7 Å². The Labute approximate surface area is 174 Å². The minimum atomic E-state index is -0.735. The van der Waals surface area contributed by atoms with Crippen LogP contribution in [0.3, 0.4) is 0 Å². The largest absolute Gasteiger partial charge is 0.392 e. The Bertz CT molecular complexity index is 564. The number of carbonyl (C=O) groups is 2. The summed E-state index contributed by atoms with van der Waals surface area (Å²) < 4.78 is 0. The monoisotopic (exact) mass is 409 g/mol. The van der Waals surface area contributed by atoms with E-state index in [-0.39, 0.29) is 23.7 Å². The minimum absolute atomic E-state index is 0.0849. The van der Waals surface area contributed by atoms with Gasteiger partial charge in [-0.05, 0) is 68.7 Å². The Balaban J connectivity index is 1.54. The maximum atomic E-state index is 13.2. The second kappa shape index (κ2) is 10.2. The smallest absolute Gasteiger partial charge is 0.249 e. The number of nitrogens with two attached hydrogens (primary N) is 1. The molecule has 1 heterocycles. The van der Waals surface area contributed by atoms with E-state index in [4.69, 9.17) is 10.6 Å². The maximum Gasteiger partial charge on any atom is 0.249 e. The lowest BCUT2D eigenvalue weighted by Crippen LogP contribution is -2.50. The molecule has 3 aliphatic rings. The number of hydrogen-bond donors (Lipinski definition) is 3. The summed E-state index contributed by atoms with van der Waals surface area (Å²) in [6, 6.07) is 0. The van der Waals surface area contributed by atoms with E-state index < -0.39 is 12.0 Å². The normalized spacial score (nSPS) is 36.6. The van der Waals surface area contributed by atoms with Crippen molar-refractivity contribution in [3.8, 4) is 0 Å². The molecule has 0 bridgehead atoms. The fraction of sp³-hybridized carbons (Fsp3) is 0.909. The van der Waals surface area contributed by atoms with E-state index in [9.17, 15) is 14.7 Å². The first-order valence-corrected chi connectivity index (χ1v) is 11.4. The number of nitrogens with zero attached hydrogens (tertiary/aromatic N) is 1. The molecule has 1 saturated heterocycles. The van der Waals surface area contributed by atoms with Gasteiger partial charge in [-0.2, -0.15) is 0 Å². The van der Waals surface area contributed by atoms with E-state index in [1.807, 2.05) is 11.8 Å². The van der Waals surface area contributed by atoms with Crippen LogP contribution in [0.5, 0.6) is 0 Å². The summed E-state index contributed by atoms with van der Waals surface area (Å²) in [5, 5.41) is 10.4. The molecule has 3 fully saturated rings. The molecule has 6 atom stereocenters. The van der Waals surface area contributed by atoms with Crippen LogP contribution in [0.2, 0.25) is 0 Å². The van der Waals surface area contributed by atoms with Crippen LogP contribution >= 0.6 is 0 Å². The highest BCUT2D eigenvalue weighted by atomic mass is 16.6. The third kappa shape index (κ3) is 5.30. The fourth-order valence-corrected chi connectivity index (χ4v) is 5.99. The number of nitrogens with one attached hydrogen (secondary N) is 1. The van der Waals surface area contributed by atoms with Crippen LogP contribution in [0, 0.1) is 35.5 Å². The zero-order valence-corrected chi connectivity index (χ0v) is 18.0. The lowest BCUT2D eigenvalue weighted by molar-refractivity contribution is -0.149. The average Bonchev–Trinajstić information content (AvgIpc) is 2.75. The Morgan fingerprint density at radius 2 is 1.83 bits per heavy atom. The lowest BCUT2D eigenvalue weighted by Gasteiger charge is -2.42. The van der Waals surface area contributed by atoms with Crippen LogP contribution in [-0.2, 0) is 14.4 Å². The molecule has 3 rings (SSSR count). The molecule has 2 amide bonds. The van der Waals surface area contributed by atoms with E-state index in [0.29, 0.717) is 24.7 Å². The molecule has 2 aliphatic carbocycles. The van der Waals surface area contributed by atoms with Gasteiger partial charge in [-0.15, -0.1) is 0 Å². The summed E-state index contributed by atoms with van der Waals surface area (Å²) in [6.45, 7) is 4.35. The molecule has 0 aromatic carbocycles. The number of amides is 2. The van der Waals surface area contributed by atoms with Gasteiger partial charge in [0.25, 0.3) is 0 Å². The maximum absolute atomic E-state index is 13.2. The van der Waals surface area contributed by atoms with E-state index >= 15 is 0 Å². The van der Waals surface area contributed by atoms with Gasteiger partial charge in [0.15, 0.2) is 0 Å². The molecule has 7 nitrogen and oxygen atoms in total. The van der Waals surface area contributed by atoms with Gasteiger partial charge in [0.2, 0.25) is 11.8 Å². The number of likely N-dealkylation sites (tertiary alicyclic amines) is 1. The average molecular weight is 410 g/mol. The first-order chi connectivity index (χ1) is 13.9. The number of rotatable bonds is 5. The van der Waals surface area contributed by atoms with Crippen LogP contribution in [-0.4, -0.2) is 54.7 Å². The molecule has 7 heteroatoms. The SMILES string of the molecule is CONC(=O)C1CC(C(=O)N2CCC(C3CCCC(CN)C3)CC2)CC(C)C1O. The van der Waals surface area contributed by atoms with Crippen molar-refractivity contribution in [3.05, 3.63) is 0 Å². The molecular formula is C22H39N3O4. The van der Waals surface area contributed by atoms with Gasteiger partial charge >= 0.3 is 0 Å². The Hall–Kier alpha value is -1.18. The quantitative estimate of drug-likeness (QED) is 0.600. The third-order valence-corrected chi connectivity index (χ3v) is 7.75. The number of piperidine rings is 1. The number of aliphatic hydroxyl groups is 1. The topological polar surface area (TPSA) is 105 Å². The van der Waals surface area contributed by atoms with E-state index in [1.54, 1.807) is 0 Å². The molecule has 0 spiro atoms. The summed E-state index contributed by atoms with van der Waals surface area (Å²) in [5.74, 6) is 1.09. The Kier molecular flexibility index (Phi) is 7.93. The van der Waals surface area contributed by atoms with Crippen molar-refractivity contribution in [1.29, 1.82) is 0 Å². The zero-order chi connectivity index (χ0) is 21.0. The van der Waals surface area contributed by atoms with Gasteiger partial charge in [0.05, 0.1) is 19.1 Å². The molecule has 1 aliphatic heterocycles. The van der Waals surface area contributed by atoms with E-state index in [2.05, 4.69) is 5.48 Å². The second-order valence-electron chi connectivity index (χ2n) is 9.60. The van der Waals surface area contributed by atoms with Gasteiger partial charge in [-0.25, -0.2) is 5.48 Å². The van der Waals surface area contributed by atoms with Crippen LogP contribution in [0.1, 0.15) is 58.3 Å². The van der Waals surface area contributed by atoms with Gasteiger partial charge in [0, 0.05) is 19.0 Å². The number of hydroxylamine groups is 1. The standard InChI is InChI=1S/C22H39N3O4/c1-14-10-18(12-19(20(14)26)21(27)24-29-2)22(28)25-8-6-16(7-9-25)17-5-3-4-15(11-17)13-23/h14-20,26H,3-13,23H2,1-2H3,(H,24,27). The van der Waals surface area contributed by atoms with Gasteiger partial charge in [0.1, 0.15) is 0 Å². The van der Waals surface area contributed by atoms with Gasteiger partial charge in [-0.3, -0.25) is 14.4 Å². The molecular weight excluding hydrogens is 370 g/mol. The first-order valence-electron chi connectivity index (χ1n) is 11.4. The van der Waals surface area contributed by atoms with Crippen LogP contribution < -0.4 is 11.2 Å². The van der Waals surface area contributed by atoms with Crippen molar-refractivity contribution in [2.45, 2.75) is 64.4 Å². The Morgan fingerprint density at radius 3 is 2.48 bits per heavy atom. The highest BCUT2D eigenvalue weighted by Crippen LogP contribution is 2.39. The van der Waals surface area contributed by atoms with Crippen molar-refractivity contribution in [2.75, 3.05) is 26.7 Å². The summed E-state index contributed by atoms with van der Waals surface area (Å²) in [6.07, 6.45) is 7.57. The summed E-state index contributed by atoms with van der Waals surface area (Å²) in [5.41, 5.74) is 8.23. The summed E-state index contributed by atoms with van der Waals surface area (Å²) >= 11 is 0. The third-order valence-electron chi connectivity index (χ3n) is 7.75. The number of carbonyl (C=O) groups excluding carboxylic acids is 2. The predicted molar refractivity (Wildman–Crippen MR) is 110 cm³/mol. The molecule has 0 radical (unpaired) electrons. The number of hydrogen-bond acceptors (Lipinski definition) is 5. The Morgan fingerprint density at radius 1 is 1.10 bits per heavy atom. The van der Waals surface area contributed by atoms with Crippen molar-refractivity contribution >= 4 is 11.8 Å². The fourth-order valence-electron chi connectivity index (χ4n) is 5.99. The highest BCUT2D eigenvalue weighted by Gasteiger charge is 2.43. The van der Waals surface area contributed by atoms with Crippen molar-refractivity contribution < 1.29 is 19.5 Å². The molecule has 2 saturated carbocycles. The molecule has 4 N–H and O–H groups in total. The summed E-state index contributed by atoms with van der Waals surface area (Å²) in [7, 11) is 1.38. The van der Waals surface area contributed by atoms with Gasteiger partial charge in [-0.1, -0.05) is 19.8 Å². The van der Waals surface area contributed by atoms with Crippen LogP contribution in [0.25, 0.3) is 0 Å². The van der Waals surface area contributed by atoms with Crippen molar-refractivity contribution in [3.63, 3.8) is 0 Å². The van der Waals surface area contributed by atoms with Crippen LogP contribution in [0.4, 0.5) is 0 Å². The second-order valence-corrected chi connectivity index (χ2v) is 9.60. The van der Waals surface area contributed by atoms with Crippen molar-refractivity contribution in [2.24, 2.45) is 41.2 Å². The molecule has 6 unspecified atom stereocenters. The van der Waals surface area contributed by atoms with Crippen LogP contribution in [0.15, 0.2) is 0 Å². The predicted octanol–water partition coefficient (Wildman–Crippen LogP) is 1.69. The lowest BCUT2D eigenvalue weighted by atomic mass is 9.71. The van der Waals surface area contributed by atoms with E-state index in [1.165, 1.54) is 32.8 Å². The van der Waals surface area contributed by atoms with E-state index in [0.717, 1.165) is 38.4 Å². The van der Waals surface area contributed by atoms with Crippen molar-refractivity contribution in [1.82, 2.24) is 10.4 Å². The zero-order valence-electron chi connectivity index (χ0n) is 18.0. The highest BCUT2D eigenvalue weighted by molar-refractivity contribution is 5.82.